The molecule has 0 aliphatic rings. The summed E-state index contributed by atoms with van der Waals surface area (Å²) in [6, 6.07) is 2.82. The molecule has 1 aromatic carbocycles. The van der Waals surface area contributed by atoms with Crippen LogP contribution in [0, 0.1) is 11.6 Å². The number of hydrogen-bond donors (Lipinski definition) is 2. The molecule has 8 heteroatoms. The summed E-state index contributed by atoms with van der Waals surface area (Å²) < 4.78 is 26.5. The van der Waals surface area contributed by atoms with Gasteiger partial charge in [-0.3, -0.25) is 0 Å². The molecule has 0 fully saturated rings. The van der Waals surface area contributed by atoms with E-state index in [1.165, 1.54) is 36.5 Å². The lowest BCUT2D eigenvalue weighted by molar-refractivity contribution is 0.563. The zero-order chi connectivity index (χ0) is 14.8. The SMILES string of the molecule is NC(CSc1ncnc2nc[nH]c12)c1ccc(F)cc1F. The van der Waals surface area contributed by atoms with Crippen LogP contribution < -0.4 is 5.73 Å². The predicted molar refractivity (Wildman–Crippen MR) is 75.7 cm³/mol. The molecule has 0 saturated carbocycles. The number of fused-ring (bicyclic) bond motifs is 1. The maximum atomic E-state index is 13.7. The van der Waals surface area contributed by atoms with E-state index in [0.717, 1.165) is 6.07 Å². The van der Waals surface area contributed by atoms with Gasteiger partial charge in [-0.15, -0.1) is 11.8 Å². The van der Waals surface area contributed by atoms with Crippen molar-refractivity contribution in [2.45, 2.75) is 11.1 Å². The first-order chi connectivity index (χ1) is 10.1. The standard InChI is InChI=1S/C13H11F2N5S/c14-7-1-2-8(9(15)3-7)10(16)4-21-13-11-12(18-5-17-11)19-6-20-13/h1-3,5-6,10H,4,16H2,(H,17,18,19,20). The summed E-state index contributed by atoms with van der Waals surface area (Å²) in [4.78, 5) is 15.1. The van der Waals surface area contributed by atoms with Gasteiger partial charge in [0, 0.05) is 23.4 Å². The van der Waals surface area contributed by atoms with Gasteiger partial charge in [-0.2, -0.15) is 0 Å². The van der Waals surface area contributed by atoms with Crippen LogP contribution in [0.3, 0.4) is 0 Å². The van der Waals surface area contributed by atoms with Crippen molar-refractivity contribution in [3.63, 3.8) is 0 Å². The third kappa shape index (κ3) is 2.86. The minimum absolute atomic E-state index is 0.277. The van der Waals surface area contributed by atoms with E-state index in [1.807, 2.05) is 0 Å². The van der Waals surface area contributed by atoms with Crippen molar-refractivity contribution < 1.29 is 8.78 Å². The average molecular weight is 307 g/mol. The zero-order valence-corrected chi connectivity index (χ0v) is 11.6. The van der Waals surface area contributed by atoms with Gasteiger partial charge >= 0.3 is 0 Å². The number of nitrogens with two attached hydrogens (primary N) is 1. The Kier molecular flexibility index (Phi) is 3.80. The van der Waals surface area contributed by atoms with E-state index in [1.54, 1.807) is 0 Å². The van der Waals surface area contributed by atoms with Crippen molar-refractivity contribution in [2.75, 3.05) is 5.75 Å². The normalized spacial score (nSPS) is 12.7. The quantitative estimate of drug-likeness (QED) is 0.571. The number of aromatic nitrogens is 4. The molecule has 0 amide bonds. The molecule has 0 aliphatic carbocycles. The van der Waals surface area contributed by atoms with E-state index in [2.05, 4.69) is 19.9 Å². The second-order valence-electron chi connectivity index (χ2n) is 4.36. The van der Waals surface area contributed by atoms with Crippen molar-refractivity contribution >= 4 is 22.9 Å². The van der Waals surface area contributed by atoms with Gasteiger partial charge in [0.15, 0.2) is 5.65 Å². The molecule has 1 atom stereocenters. The lowest BCUT2D eigenvalue weighted by Gasteiger charge is -2.12. The smallest absolute Gasteiger partial charge is 0.181 e. The van der Waals surface area contributed by atoms with Gasteiger partial charge in [-0.1, -0.05) is 6.07 Å². The van der Waals surface area contributed by atoms with Crippen LogP contribution in [0.15, 0.2) is 35.9 Å². The molecule has 0 spiro atoms. The van der Waals surface area contributed by atoms with Crippen molar-refractivity contribution in [1.29, 1.82) is 0 Å². The molecule has 1 unspecified atom stereocenters. The minimum Gasteiger partial charge on any atom is -0.341 e. The maximum absolute atomic E-state index is 13.7. The van der Waals surface area contributed by atoms with Crippen LogP contribution >= 0.6 is 11.8 Å². The molecule has 21 heavy (non-hydrogen) atoms. The molecule has 0 bridgehead atoms. The molecule has 5 nitrogen and oxygen atoms in total. The second kappa shape index (κ2) is 5.74. The number of nitrogens with one attached hydrogen (secondary N) is 1. The van der Waals surface area contributed by atoms with E-state index in [9.17, 15) is 8.78 Å². The molecule has 3 N–H and O–H groups in total. The number of benzene rings is 1. The lowest BCUT2D eigenvalue weighted by atomic mass is 10.1. The van der Waals surface area contributed by atoms with E-state index in [0.29, 0.717) is 21.9 Å². The molecule has 0 saturated heterocycles. The maximum Gasteiger partial charge on any atom is 0.181 e. The summed E-state index contributed by atoms with van der Waals surface area (Å²) in [5.74, 6) is -0.864. The number of thioether (sulfide) groups is 1. The van der Waals surface area contributed by atoms with Crippen molar-refractivity contribution in [3.8, 4) is 0 Å². The summed E-state index contributed by atoms with van der Waals surface area (Å²) in [7, 11) is 0. The molecule has 2 heterocycles. The van der Waals surface area contributed by atoms with E-state index in [-0.39, 0.29) is 5.56 Å². The lowest BCUT2D eigenvalue weighted by Crippen LogP contribution is -2.15. The summed E-state index contributed by atoms with van der Waals surface area (Å²) in [6.07, 6.45) is 2.94. The molecule has 0 radical (unpaired) electrons. The van der Waals surface area contributed by atoms with Gasteiger partial charge in [0.25, 0.3) is 0 Å². The Hall–Kier alpha value is -2.06. The number of hydrogen-bond acceptors (Lipinski definition) is 5. The second-order valence-corrected chi connectivity index (χ2v) is 5.37. The number of H-pyrrole nitrogens is 1. The minimum atomic E-state index is -0.641. The molecular formula is C13H11F2N5S. The zero-order valence-electron chi connectivity index (χ0n) is 10.8. The van der Waals surface area contributed by atoms with Crippen LogP contribution in [0.5, 0.6) is 0 Å². The van der Waals surface area contributed by atoms with E-state index >= 15 is 0 Å². The monoisotopic (exact) mass is 307 g/mol. The van der Waals surface area contributed by atoms with Crippen LogP contribution in [-0.2, 0) is 0 Å². The molecule has 2 aromatic heterocycles. The summed E-state index contributed by atoms with van der Waals surface area (Å²) in [6.45, 7) is 0. The predicted octanol–water partition coefficient (Wildman–Crippen LogP) is 2.42. The number of imidazole rings is 1. The highest BCUT2D eigenvalue weighted by Gasteiger charge is 2.14. The Morgan fingerprint density at radius 3 is 2.90 bits per heavy atom. The highest BCUT2D eigenvalue weighted by Crippen LogP contribution is 2.26. The topological polar surface area (TPSA) is 80.5 Å². The van der Waals surface area contributed by atoms with Crippen LogP contribution in [0.1, 0.15) is 11.6 Å². The van der Waals surface area contributed by atoms with Crippen LogP contribution in [0.2, 0.25) is 0 Å². The Labute approximate surface area is 123 Å². The number of aromatic amines is 1. The molecular weight excluding hydrogens is 296 g/mol. The third-order valence-electron chi connectivity index (χ3n) is 2.95. The molecule has 0 aliphatic heterocycles. The van der Waals surface area contributed by atoms with Crippen molar-refractivity contribution in [1.82, 2.24) is 19.9 Å². The fraction of sp³-hybridized carbons (Fsp3) is 0.154. The first kappa shape index (κ1) is 13.9. The van der Waals surface area contributed by atoms with Gasteiger partial charge in [0.05, 0.1) is 6.33 Å². The van der Waals surface area contributed by atoms with E-state index in [4.69, 9.17) is 5.73 Å². The van der Waals surface area contributed by atoms with Gasteiger partial charge in [0.1, 0.15) is 28.5 Å². The van der Waals surface area contributed by atoms with E-state index < -0.39 is 17.7 Å². The number of rotatable bonds is 4. The summed E-state index contributed by atoms with van der Waals surface area (Å²) >= 11 is 1.36. The third-order valence-corrected chi connectivity index (χ3v) is 4.06. The van der Waals surface area contributed by atoms with Gasteiger partial charge < -0.3 is 10.7 Å². The largest absolute Gasteiger partial charge is 0.341 e. The van der Waals surface area contributed by atoms with Crippen LogP contribution in [-0.4, -0.2) is 25.7 Å². The Bertz CT molecular complexity index is 776. The van der Waals surface area contributed by atoms with Gasteiger partial charge in [0.2, 0.25) is 0 Å². The van der Waals surface area contributed by atoms with Gasteiger partial charge in [-0.25, -0.2) is 23.7 Å². The fourth-order valence-corrected chi connectivity index (χ4v) is 2.85. The molecule has 3 aromatic rings. The molecule has 108 valence electrons. The highest BCUT2D eigenvalue weighted by atomic mass is 32.2. The first-order valence-corrected chi connectivity index (χ1v) is 7.11. The fourth-order valence-electron chi connectivity index (χ4n) is 1.91. The Morgan fingerprint density at radius 2 is 2.10 bits per heavy atom. The van der Waals surface area contributed by atoms with Crippen LogP contribution in [0.4, 0.5) is 8.78 Å². The Balaban J connectivity index is 1.76. The highest BCUT2D eigenvalue weighted by molar-refractivity contribution is 7.99. The number of halogens is 2. The average Bonchev–Trinajstić information content (AvgIpc) is 2.93. The van der Waals surface area contributed by atoms with Crippen molar-refractivity contribution in [2.24, 2.45) is 5.73 Å². The van der Waals surface area contributed by atoms with Crippen LogP contribution in [0.25, 0.3) is 11.2 Å². The molecule has 3 rings (SSSR count). The Morgan fingerprint density at radius 1 is 1.24 bits per heavy atom. The van der Waals surface area contributed by atoms with Gasteiger partial charge in [-0.05, 0) is 6.07 Å². The number of nitrogens with zero attached hydrogens (tertiary/aromatic N) is 3. The summed E-state index contributed by atoms with van der Waals surface area (Å²) in [5, 5.41) is 0.690. The first-order valence-electron chi connectivity index (χ1n) is 6.12. The van der Waals surface area contributed by atoms with Crippen molar-refractivity contribution in [3.05, 3.63) is 48.1 Å². The summed E-state index contributed by atoms with van der Waals surface area (Å²) in [5.41, 5.74) is 7.52.